The molecule has 1 aliphatic heterocycles. The van der Waals surface area contributed by atoms with E-state index in [0.717, 1.165) is 6.54 Å². The van der Waals surface area contributed by atoms with Crippen molar-refractivity contribution >= 4 is 11.0 Å². The molecular formula is C21H25N2+. The van der Waals surface area contributed by atoms with Crippen molar-refractivity contribution in [1.29, 1.82) is 0 Å². The molecule has 3 aromatic rings. The molecule has 0 saturated carbocycles. The van der Waals surface area contributed by atoms with Crippen molar-refractivity contribution in [3.05, 3.63) is 53.1 Å². The minimum Gasteiger partial charge on any atom is -0.226 e. The summed E-state index contributed by atoms with van der Waals surface area (Å²) >= 11 is 0. The predicted molar refractivity (Wildman–Crippen MR) is 95.5 cm³/mol. The molecule has 0 unspecified atom stereocenters. The lowest BCUT2D eigenvalue weighted by molar-refractivity contribution is -0.653. The normalized spacial score (nSPS) is 13.4. The molecule has 2 heteroatoms. The summed E-state index contributed by atoms with van der Waals surface area (Å²) < 4.78 is 4.91. The van der Waals surface area contributed by atoms with Gasteiger partial charge in [0.15, 0.2) is 11.0 Å². The average molecular weight is 305 g/mol. The Labute approximate surface area is 138 Å². The number of imidazole rings is 1. The van der Waals surface area contributed by atoms with E-state index in [1.807, 2.05) is 0 Å². The third-order valence-corrected chi connectivity index (χ3v) is 5.16. The molecule has 4 rings (SSSR count). The van der Waals surface area contributed by atoms with Gasteiger partial charge in [-0.05, 0) is 42.5 Å². The first-order valence-electron chi connectivity index (χ1n) is 8.67. The third kappa shape index (κ3) is 2.12. The highest BCUT2D eigenvalue weighted by atomic mass is 15.2. The molecule has 0 aliphatic carbocycles. The Hall–Kier alpha value is -2.09. The smallest absolute Gasteiger partial charge is 0.226 e. The van der Waals surface area contributed by atoms with Gasteiger partial charge in [0.1, 0.15) is 0 Å². The van der Waals surface area contributed by atoms with Gasteiger partial charge in [-0.15, -0.1) is 0 Å². The van der Waals surface area contributed by atoms with Crippen LogP contribution in [0.2, 0.25) is 0 Å². The van der Waals surface area contributed by atoms with Gasteiger partial charge in [-0.2, -0.15) is 0 Å². The van der Waals surface area contributed by atoms with E-state index in [9.17, 15) is 0 Å². The van der Waals surface area contributed by atoms with Gasteiger partial charge in [0.2, 0.25) is 0 Å². The lowest BCUT2D eigenvalue weighted by atomic mass is 9.96. The second-order valence-corrected chi connectivity index (χ2v) is 7.27. The highest BCUT2D eigenvalue weighted by molar-refractivity contribution is 5.81. The van der Waals surface area contributed by atoms with Crippen LogP contribution in [0.25, 0.3) is 22.4 Å². The molecular weight excluding hydrogens is 280 g/mol. The molecule has 0 bridgehead atoms. The molecule has 118 valence electrons. The fraction of sp³-hybridized carbons (Fsp3) is 0.381. The first kappa shape index (κ1) is 14.5. The number of aromatic nitrogens is 2. The molecule has 0 spiro atoms. The predicted octanol–water partition coefficient (Wildman–Crippen LogP) is 4.20. The van der Waals surface area contributed by atoms with E-state index in [1.165, 1.54) is 40.8 Å². The van der Waals surface area contributed by atoms with Gasteiger partial charge in [-0.3, -0.25) is 0 Å². The molecule has 0 amide bonds. The van der Waals surface area contributed by atoms with Crippen LogP contribution in [0.4, 0.5) is 0 Å². The Balaban J connectivity index is 2.00. The van der Waals surface area contributed by atoms with Crippen LogP contribution < -0.4 is 4.57 Å². The van der Waals surface area contributed by atoms with E-state index in [0.29, 0.717) is 5.92 Å². The van der Waals surface area contributed by atoms with Crippen LogP contribution in [-0.4, -0.2) is 4.57 Å². The maximum Gasteiger partial charge on any atom is 0.289 e. The fourth-order valence-corrected chi connectivity index (χ4v) is 4.14. The summed E-state index contributed by atoms with van der Waals surface area (Å²) in [6.07, 6.45) is 2.36. The number of nitrogens with zero attached hydrogens (tertiary/aromatic N) is 2. The van der Waals surface area contributed by atoms with Crippen molar-refractivity contribution in [2.75, 3.05) is 0 Å². The first-order chi connectivity index (χ1) is 11.1. The number of aryl methyl sites for hydroxylation is 4. The summed E-state index contributed by atoms with van der Waals surface area (Å²) in [6.45, 7) is 7.93. The second kappa shape index (κ2) is 5.23. The summed E-state index contributed by atoms with van der Waals surface area (Å²) in [6, 6.07) is 13.4. The van der Waals surface area contributed by atoms with Crippen molar-refractivity contribution in [2.24, 2.45) is 13.0 Å². The van der Waals surface area contributed by atoms with E-state index in [2.05, 4.69) is 73.4 Å². The SMILES string of the molecule is Cc1ccccc1-c1n(C)c2ccc(CC(C)C)c3c2[n+]1CC3. The molecule has 0 N–H and O–H groups in total. The van der Waals surface area contributed by atoms with E-state index < -0.39 is 0 Å². The minimum atomic E-state index is 0.706. The molecule has 0 radical (unpaired) electrons. The quantitative estimate of drug-likeness (QED) is 0.641. The summed E-state index contributed by atoms with van der Waals surface area (Å²) in [5, 5.41) is 0. The molecule has 0 saturated heterocycles. The maximum absolute atomic E-state index is 2.54. The van der Waals surface area contributed by atoms with E-state index in [4.69, 9.17) is 0 Å². The standard InChI is InChI=1S/C21H25N2/c1-14(2)13-16-9-10-19-20-18(16)11-12-23(20)21(22(19)4)17-8-6-5-7-15(17)3/h5-10,14H,11-13H2,1-4H3/q+1. The van der Waals surface area contributed by atoms with Crippen molar-refractivity contribution in [2.45, 2.75) is 40.2 Å². The second-order valence-electron chi connectivity index (χ2n) is 7.27. The van der Waals surface area contributed by atoms with Crippen molar-refractivity contribution in [3.63, 3.8) is 0 Å². The summed E-state index contributed by atoms with van der Waals surface area (Å²) in [5.74, 6) is 2.05. The largest absolute Gasteiger partial charge is 0.289 e. The van der Waals surface area contributed by atoms with Crippen molar-refractivity contribution in [1.82, 2.24) is 4.57 Å². The summed E-state index contributed by atoms with van der Waals surface area (Å²) in [7, 11) is 2.21. The lowest BCUT2D eigenvalue weighted by Crippen LogP contribution is -2.33. The Morgan fingerprint density at radius 3 is 2.65 bits per heavy atom. The number of hydrogen-bond acceptors (Lipinski definition) is 0. The van der Waals surface area contributed by atoms with Gasteiger partial charge in [0.05, 0.1) is 19.2 Å². The first-order valence-corrected chi connectivity index (χ1v) is 8.67. The lowest BCUT2D eigenvalue weighted by Gasteiger charge is -2.08. The number of hydrogen-bond donors (Lipinski definition) is 0. The van der Waals surface area contributed by atoms with Gasteiger partial charge >= 0.3 is 0 Å². The Bertz CT molecular complexity index is 900. The van der Waals surface area contributed by atoms with Gasteiger partial charge in [-0.25, -0.2) is 9.13 Å². The highest BCUT2D eigenvalue weighted by Gasteiger charge is 2.32. The van der Waals surface area contributed by atoms with Gasteiger partial charge < -0.3 is 0 Å². The van der Waals surface area contributed by atoms with Crippen LogP contribution in [0.5, 0.6) is 0 Å². The Morgan fingerprint density at radius 2 is 1.91 bits per heavy atom. The van der Waals surface area contributed by atoms with Crippen LogP contribution in [0, 0.1) is 12.8 Å². The van der Waals surface area contributed by atoms with E-state index in [-0.39, 0.29) is 0 Å². The Morgan fingerprint density at radius 1 is 1.13 bits per heavy atom. The van der Waals surface area contributed by atoms with Gasteiger partial charge in [0, 0.05) is 12.0 Å². The average Bonchev–Trinajstić information content (AvgIpc) is 3.05. The monoisotopic (exact) mass is 305 g/mol. The van der Waals surface area contributed by atoms with Crippen LogP contribution in [0.1, 0.15) is 30.5 Å². The molecule has 2 aromatic carbocycles. The topological polar surface area (TPSA) is 8.81 Å². The fourth-order valence-electron chi connectivity index (χ4n) is 4.14. The van der Waals surface area contributed by atoms with E-state index >= 15 is 0 Å². The number of benzene rings is 2. The van der Waals surface area contributed by atoms with Crippen LogP contribution in [0.3, 0.4) is 0 Å². The van der Waals surface area contributed by atoms with Crippen LogP contribution >= 0.6 is 0 Å². The number of rotatable bonds is 3. The minimum absolute atomic E-state index is 0.706. The van der Waals surface area contributed by atoms with Gasteiger partial charge in [0.25, 0.3) is 5.82 Å². The zero-order valence-electron chi connectivity index (χ0n) is 14.6. The third-order valence-electron chi connectivity index (χ3n) is 5.16. The maximum atomic E-state index is 2.54. The molecule has 2 nitrogen and oxygen atoms in total. The van der Waals surface area contributed by atoms with Gasteiger partial charge in [-0.1, -0.05) is 38.1 Å². The van der Waals surface area contributed by atoms with Crippen molar-refractivity contribution < 1.29 is 4.57 Å². The molecule has 2 heterocycles. The van der Waals surface area contributed by atoms with Crippen molar-refractivity contribution in [3.8, 4) is 11.4 Å². The van der Waals surface area contributed by atoms with Crippen LogP contribution in [-0.2, 0) is 26.4 Å². The molecule has 1 aromatic heterocycles. The zero-order valence-corrected chi connectivity index (χ0v) is 14.6. The van der Waals surface area contributed by atoms with Crippen LogP contribution in [0.15, 0.2) is 36.4 Å². The van der Waals surface area contributed by atoms with E-state index in [1.54, 1.807) is 11.1 Å². The molecule has 1 aliphatic rings. The Kier molecular flexibility index (Phi) is 3.29. The molecule has 0 atom stereocenters. The summed E-state index contributed by atoms with van der Waals surface area (Å²) in [5.41, 5.74) is 8.64. The summed E-state index contributed by atoms with van der Waals surface area (Å²) in [4.78, 5) is 0. The highest BCUT2D eigenvalue weighted by Crippen LogP contribution is 2.32. The zero-order chi connectivity index (χ0) is 16.1. The molecule has 23 heavy (non-hydrogen) atoms. The molecule has 0 fully saturated rings.